The molecule has 0 saturated heterocycles. The highest BCUT2D eigenvalue weighted by Gasteiger charge is 2.41. The third kappa shape index (κ3) is 8.72. The van der Waals surface area contributed by atoms with Gasteiger partial charge in [-0.25, -0.2) is 9.59 Å². The van der Waals surface area contributed by atoms with Gasteiger partial charge in [0.2, 0.25) is 6.79 Å². The second kappa shape index (κ2) is 12.6. The van der Waals surface area contributed by atoms with Crippen LogP contribution in [0.3, 0.4) is 0 Å². The molecule has 1 aliphatic rings. The van der Waals surface area contributed by atoms with Gasteiger partial charge in [-0.1, -0.05) is 37.5 Å². The van der Waals surface area contributed by atoms with Crippen molar-refractivity contribution in [2.75, 3.05) is 6.79 Å². The number of esters is 2. The van der Waals surface area contributed by atoms with E-state index in [1.54, 1.807) is 58.0 Å². The van der Waals surface area contributed by atoms with E-state index in [0.717, 1.165) is 43.9 Å². The fraction of sp³-hybridized carbons (Fsp3) is 0.583. The van der Waals surface area contributed by atoms with Crippen LogP contribution in [0.15, 0.2) is 30.3 Å². The Morgan fingerprint density at radius 2 is 1.67 bits per heavy atom. The second-order valence-corrected chi connectivity index (χ2v) is 10.4. The first kappa shape index (κ1) is 26.7. The highest BCUT2D eigenvalue weighted by Crippen LogP contribution is 2.31. The zero-order chi connectivity index (χ0) is 24.4. The predicted molar refractivity (Wildman–Crippen MR) is 125 cm³/mol. The smallest absolute Gasteiger partial charge is 0.370 e. The summed E-state index contributed by atoms with van der Waals surface area (Å²) in [6.45, 7) is 6.16. The topological polar surface area (TPSA) is 108 Å². The first-order chi connectivity index (χ1) is 15.6. The van der Waals surface area contributed by atoms with Gasteiger partial charge in [0, 0.05) is 5.56 Å². The van der Waals surface area contributed by atoms with Gasteiger partial charge in [0.05, 0.1) is 16.8 Å². The maximum Gasteiger partial charge on any atom is 0.370 e. The van der Waals surface area contributed by atoms with E-state index < -0.39 is 40.9 Å². The molecule has 182 valence electrons. The standard InChI is InChI=1S/C24H33NO7S/c1-16(2)32-22(28)19(25-20(26)17-11-7-5-8-12-17)24(3,4)33-23(29)31-15-30-21(27)18-13-9-6-10-14-18/h5,7-8,11-12,16,18-19H,6,9-10,13-15H2,1-4H3,(H,25,26)/t19-/m0/s1. The van der Waals surface area contributed by atoms with Gasteiger partial charge in [-0.3, -0.25) is 9.59 Å². The number of hydrogen-bond acceptors (Lipinski definition) is 8. The van der Waals surface area contributed by atoms with Crippen LogP contribution in [0.25, 0.3) is 0 Å². The van der Waals surface area contributed by atoms with Crippen molar-refractivity contribution < 1.29 is 33.4 Å². The zero-order valence-corrected chi connectivity index (χ0v) is 20.4. The van der Waals surface area contributed by atoms with Gasteiger partial charge in [-0.2, -0.15) is 0 Å². The van der Waals surface area contributed by atoms with Gasteiger partial charge < -0.3 is 19.5 Å². The fourth-order valence-electron chi connectivity index (χ4n) is 3.52. The number of carbonyl (C=O) groups is 4. The predicted octanol–water partition coefficient (Wildman–Crippen LogP) is 4.47. The lowest BCUT2D eigenvalue weighted by atomic mass is 9.89. The van der Waals surface area contributed by atoms with Crippen LogP contribution in [0, 0.1) is 5.92 Å². The zero-order valence-electron chi connectivity index (χ0n) is 19.6. The average molecular weight is 480 g/mol. The van der Waals surface area contributed by atoms with E-state index >= 15 is 0 Å². The van der Waals surface area contributed by atoms with Crippen molar-refractivity contribution in [1.29, 1.82) is 0 Å². The number of ether oxygens (including phenoxy) is 3. The van der Waals surface area contributed by atoms with Crippen molar-refractivity contribution >= 4 is 34.9 Å². The van der Waals surface area contributed by atoms with Crippen LogP contribution in [-0.4, -0.2) is 46.8 Å². The Labute approximate surface area is 199 Å². The van der Waals surface area contributed by atoms with Crippen LogP contribution in [0.2, 0.25) is 0 Å². The maximum absolute atomic E-state index is 12.8. The Morgan fingerprint density at radius 1 is 1.03 bits per heavy atom. The van der Waals surface area contributed by atoms with Gasteiger partial charge in [0.1, 0.15) is 6.04 Å². The van der Waals surface area contributed by atoms with Crippen LogP contribution < -0.4 is 5.32 Å². The van der Waals surface area contributed by atoms with Gasteiger partial charge in [0.15, 0.2) is 0 Å². The monoisotopic (exact) mass is 479 g/mol. The average Bonchev–Trinajstić information content (AvgIpc) is 2.77. The first-order valence-electron chi connectivity index (χ1n) is 11.2. The molecule has 1 aromatic rings. The molecule has 9 heteroatoms. The minimum absolute atomic E-state index is 0.148. The Hall–Kier alpha value is -2.55. The van der Waals surface area contributed by atoms with Crippen LogP contribution in [-0.2, 0) is 23.8 Å². The van der Waals surface area contributed by atoms with E-state index in [0.29, 0.717) is 5.56 Å². The summed E-state index contributed by atoms with van der Waals surface area (Å²) in [6.07, 6.45) is 4.27. The highest BCUT2D eigenvalue weighted by atomic mass is 32.2. The molecule has 1 saturated carbocycles. The fourth-order valence-corrected chi connectivity index (χ4v) is 4.33. The molecule has 1 amide bonds. The number of hydrogen-bond donors (Lipinski definition) is 1. The molecule has 0 bridgehead atoms. The number of rotatable bonds is 9. The SMILES string of the molecule is CC(C)OC(=O)[C@H](NC(=O)c1ccccc1)C(C)(C)SC(=O)OCOC(=O)C1CCCCC1. The van der Waals surface area contributed by atoms with E-state index in [1.807, 2.05) is 0 Å². The third-order valence-electron chi connectivity index (χ3n) is 5.26. The summed E-state index contributed by atoms with van der Waals surface area (Å²) < 4.78 is 14.3. The van der Waals surface area contributed by atoms with Crippen LogP contribution in [0.1, 0.15) is 70.2 Å². The largest absolute Gasteiger partial charge is 0.461 e. The molecule has 1 fully saturated rings. The van der Waals surface area contributed by atoms with E-state index in [1.165, 1.54) is 0 Å². The van der Waals surface area contributed by atoms with E-state index in [9.17, 15) is 19.2 Å². The van der Waals surface area contributed by atoms with Crippen molar-refractivity contribution in [2.24, 2.45) is 5.92 Å². The molecule has 1 N–H and O–H groups in total. The summed E-state index contributed by atoms with van der Waals surface area (Å²) in [6, 6.07) is 7.31. The minimum atomic E-state index is -1.13. The van der Waals surface area contributed by atoms with Crippen molar-refractivity contribution in [2.45, 2.75) is 76.7 Å². The van der Waals surface area contributed by atoms with E-state index in [4.69, 9.17) is 14.2 Å². The van der Waals surface area contributed by atoms with Crippen molar-refractivity contribution in [3.63, 3.8) is 0 Å². The number of nitrogens with one attached hydrogen (secondary N) is 1. The quantitative estimate of drug-likeness (QED) is 0.408. The summed E-state index contributed by atoms with van der Waals surface area (Å²) in [5.74, 6) is -1.64. The Kier molecular flexibility index (Phi) is 10.2. The molecule has 0 unspecified atom stereocenters. The number of amides is 1. The Balaban J connectivity index is 1.97. The summed E-state index contributed by atoms with van der Waals surface area (Å²) in [5, 5.41) is 1.95. The normalized spacial score (nSPS) is 15.4. The van der Waals surface area contributed by atoms with Gasteiger partial charge in [-0.15, -0.1) is 0 Å². The van der Waals surface area contributed by atoms with Crippen molar-refractivity contribution in [3.8, 4) is 0 Å². The van der Waals surface area contributed by atoms with Crippen LogP contribution in [0.5, 0.6) is 0 Å². The van der Waals surface area contributed by atoms with Crippen molar-refractivity contribution in [3.05, 3.63) is 35.9 Å². The molecule has 1 aliphatic carbocycles. The Morgan fingerprint density at radius 3 is 2.27 bits per heavy atom. The highest BCUT2D eigenvalue weighted by molar-refractivity contribution is 8.14. The molecule has 0 aromatic heterocycles. The molecular weight excluding hydrogens is 446 g/mol. The maximum atomic E-state index is 12.8. The second-order valence-electron chi connectivity index (χ2n) is 8.77. The summed E-state index contributed by atoms with van der Waals surface area (Å²) in [5.41, 5.74) is 0.373. The van der Waals surface area contributed by atoms with E-state index in [-0.39, 0.29) is 11.9 Å². The third-order valence-corrected chi connectivity index (χ3v) is 6.30. The van der Waals surface area contributed by atoms with E-state index in [2.05, 4.69) is 5.32 Å². The first-order valence-corrected chi connectivity index (χ1v) is 12.0. The lowest BCUT2D eigenvalue weighted by molar-refractivity contribution is -0.157. The summed E-state index contributed by atoms with van der Waals surface area (Å²) in [4.78, 5) is 49.9. The van der Waals surface area contributed by atoms with Crippen molar-refractivity contribution in [1.82, 2.24) is 5.32 Å². The summed E-state index contributed by atoms with van der Waals surface area (Å²) >= 11 is 0.722. The molecular formula is C24H33NO7S. The molecule has 1 aromatic carbocycles. The number of benzene rings is 1. The molecule has 33 heavy (non-hydrogen) atoms. The number of thioether (sulfide) groups is 1. The number of carbonyl (C=O) groups excluding carboxylic acids is 4. The molecule has 0 heterocycles. The summed E-state index contributed by atoms with van der Waals surface area (Å²) in [7, 11) is 0. The van der Waals surface area contributed by atoms with Gasteiger partial charge >= 0.3 is 17.2 Å². The lowest BCUT2D eigenvalue weighted by Crippen LogP contribution is -2.54. The lowest BCUT2D eigenvalue weighted by Gasteiger charge is -2.32. The van der Waals surface area contributed by atoms with Crippen LogP contribution in [0.4, 0.5) is 4.79 Å². The molecule has 0 aliphatic heterocycles. The minimum Gasteiger partial charge on any atom is -0.461 e. The molecule has 1 atom stereocenters. The van der Waals surface area contributed by atoms with Crippen LogP contribution >= 0.6 is 11.8 Å². The Bertz CT molecular complexity index is 819. The molecule has 2 rings (SSSR count). The van der Waals surface area contributed by atoms with Gasteiger partial charge in [0.25, 0.3) is 5.91 Å². The molecule has 0 radical (unpaired) electrons. The molecule has 0 spiro atoms. The van der Waals surface area contributed by atoms with Gasteiger partial charge in [-0.05, 0) is 64.4 Å². The molecule has 8 nitrogen and oxygen atoms in total.